The van der Waals surface area contributed by atoms with Gasteiger partial charge in [0, 0.05) is 25.7 Å². The number of nitrogens with zero attached hydrogens (tertiary/aromatic N) is 7. The summed E-state index contributed by atoms with van der Waals surface area (Å²) in [6.45, 7) is 6.61. The van der Waals surface area contributed by atoms with Crippen molar-refractivity contribution < 1.29 is 18.0 Å². The number of aromatic amines is 1. The number of thiazole rings is 1. The minimum Gasteiger partial charge on any atom is -0.358 e. The smallest absolute Gasteiger partial charge is 0.358 e. The molecule has 1 N–H and O–H groups in total. The van der Waals surface area contributed by atoms with Gasteiger partial charge in [0.1, 0.15) is 28.9 Å². The zero-order chi connectivity index (χ0) is 24.9. The van der Waals surface area contributed by atoms with Crippen molar-refractivity contribution in [2.75, 3.05) is 24.5 Å². The fourth-order valence-corrected chi connectivity index (χ4v) is 5.28. The third kappa shape index (κ3) is 4.47. The number of aryl methyl sites for hydroxylation is 2. The van der Waals surface area contributed by atoms with Crippen LogP contribution in [0.1, 0.15) is 23.6 Å². The third-order valence-corrected chi connectivity index (χ3v) is 7.11. The number of carbonyl (C=O) groups is 1. The van der Waals surface area contributed by atoms with Gasteiger partial charge in [0.25, 0.3) is 0 Å². The second-order valence-electron chi connectivity index (χ2n) is 8.52. The van der Waals surface area contributed by atoms with Gasteiger partial charge in [-0.05, 0) is 32.9 Å². The third-order valence-electron chi connectivity index (χ3n) is 5.95. The second-order valence-corrected chi connectivity index (χ2v) is 9.50. The van der Waals surface area contributed by atoms with E-state index in [1.54, 1.807) is 29.5 Å². The Labute approximate surface area is 202 Å². The molecule has 0 saturated carbocycles. The van der Waals surface area contributed by atoms with Gasteiger partial charge < -0.3 is 14.8 Å². The van der Waals surface area contributed by atoms with Gasteiger partial charge in [-0.2, -0.15) is 18.3 Å². The maximum atomic E-state index is 13.6. The molecule has 1 saturated heterocycles. The fourth-order valence-electron chi connectivity index (χ4n) is 4.31. The Balaban J connectivity index is 1.40. The van der Waals surface area contributed by atoms with E-state index in [0.717, 1.165) is 5.52 Å². The molecule has 9 nitrogen and oxygen atoms in total. The Hall–Kier alpha value is -3.48. The van der Waals surface area contributed by atoms with Gasteiger partial charge in [0.15, 0.2) is 5.82 Å². The minimum absolute atomic E-state index is 0.0695. The molecule has 1 aromatic carbocycles. The van der Waals surface area contributed by atoms with Crippen molar-refractivity contribution in [1.82, 2.24) is 34.6 Å². The largest absolute Gasteiger partial charge is 0.443 e. The van der Waals surface area contributed by atoms with Crippen molar-refractivity contribution in [1.29, 1.82) is 0 Å². The minimum atomic E-state index is -4.57. The number of benzene rings is 1. The molecule has 0 bridgehead atoms. The zero-order valence-corrected chi connectivity index (χ0v) is 20.1. The molecular formula is C22H23F3N8OS. The molecule has 0 unspecified atom stereocenters. The summed E-state index contributed by atoms with van der Waals surface area (Å²) in [5, 5.41) is 3.71. The molecule has 0 spiro atoms. The van der Waals surface area contributed by atoms with Gasteiger partial charge in [0.2, 0.25) is 10.9 Å². The van der Waals surface area contributed by atoms with Crippen molar-refractivity contribution >= 4 is 33.3 Å². The molecule has 1 aliphatic heterocycles. The van der Waals surface area contributed by atoms with Crippen LogP contribution in [0.5, 0.6) is 0 Å². The lowest BCUT2D eigenvalue weighted by atomic mass is 10.2. The van der Waals surface area contributed by atoms with E-state index in [2.05, 4.69) is 25.0 Å². The van der Waals surface area contributed by atoms with Gasteiger partial charge in [-0.1, -0.05) is 23.5 Å². The summed E-state index contributed by atoms with van der Waals surface area (Å²) < 4.78 is 42.3. The van der Waals surface area contributed by atoms with Crippen LogP contribution in [0.2, 0.25) is 0 Å². The molecule has 0 radical (unpaired) electrons. The number of piperazine rings is 1. The molecule has 1 fully saturated rings. The molecule has 4 aromatic rings. The van der Waals surface area contributed by atoms with E-state index in [4.69, 9.17) is 0 Å². The summed E-state index contributed by atoms with van der Waals surface area (Å²) in [7, 11) is 0. The van der Waals surface area contributed by atoms with Crippen molar-refractivity contribution in [2.24, 2.45) is 0 Å². The van der Waals surface area contributed by atoms with Crippen molar-refractivity contribution in [3.05, 3.63) is 40.9 Å². The monoisotopic (exact) mass is 504 g/mol. The molecule has 0 aliphatic carbocycles. The van der Waals surface area contributed by atoms with E-state index in [-0.39, 0.29) is 30.0 Å². The predicted molar refractivity (Wildman–Crippen MR) is 125 cm³/mol. The van der Waals surface area contributed by atoms with E-state index in [9.17, 15) is 18.0 Å². The summed E-state index contributed by atoms with van der Waals surface area (Å²) >= 11 is 0.601. The number of rotatable bonds is 4. The molecule has 184 valence electrons. The number of aromatic nitrogens is 6. The number of H-pyrrole nitrogens is 1. The van der Waals surface area contributed by atoms with Gasteiger partial charge >= 0.3 is 6.18 Å². The van der Waals surface area contributed by atoms with Crippen LogP contribution in [-0.2, 0) is 17.5 Å². The van der Waals surface area contributed by atoms with Gasteiger partial charge in [0.05, 0.1) is 11.0 Å². The summed E-state index contributed by atoms with van der Waals surface area (Å²) in [6, 6.07) is 7.02. The molecular weight excluding hydrogens is 481 g/mol. The maximum absolute atomic E-state index is 13.6. The highest BCUT2D eigenvalue weighted by atomic mass is 32.1. The SMILES string of the molecule is Cc1nc(C)n(CC(=O)N2CCN(c3sc(C(F)(F)F)nc3-c3nc4ccccc4[nH]3)C[C@H]2C)n1. The average molecular weight is 505 g/mol. The van der Waals surface area contributed by atoms with Crippen molar-refractivity contribution in [3.63, 3.8) is 0 Å². The zero-order valence-electron chi connectivity index (χ0n) is 19.3. The van der Waals surface area contributed by atoms with Crippen LogP contribution in [0, 0.1) is 13.8 Å². The van der Waals surface area contributed by atoms with Gasteiger partial charge in [-0.25, -0.2) is 19.6 Å². The Kier molecular flexibility index (Phi) is 5.74. The Morgan fingerprint density at radius 1 is 1.17 bits per heavy atom. The lowest BCUT2D eigenvalue weighted by Crippen LogP contribution is -2.54. The molecule has 1 aliphatic rings. The first-order chi connectivity index (χ1) is 16.6. The van der Waals surface area contributed by atoms with Gasteiger partial charge in [-0.15, -0.1) is 0 Å². The van der Waals surface area contributed by atoms with E-state index in [0.29, 0.717) is 53.1 Å². The second kappa shape index (κ2) is 8.63. The lowest BCUT2D eigenvalue weighted by Gasteiger charge is -2.40. The molecule has 3 aromatic heterocycles. The number of alkyl halides is 3. The fraction of sp³-hybridized carbons (Fsp3) is 0.409. The first-order valence-electron chi connectivity index (χ1n) is 11.1. The molecule has 35 heavy (non-hydrogen) atoms. The number of hydrogen-bond acceptors (Lipinski definition) is 7. The highest BCUT2D eigenvalue weighted by molar-refractivity contribution is 7.16. The number of fused-ring (bicyclic) bond motifs is 1. The van der Waals surface area contributed by atoms with Crippen molar-refractivity contribution in [2.45, 2.75) is 39.5 Å². The first-order valence-corrected chi connectivity index (χ1v) is 11.9. The van der Waals surface area contributed by atoms with Crippen LogP contribution < -0.4 is 4.90 Å². The van der Waals surface area contributed by atoms with Gasteiger partial charge in [-0.3, -0.25) is 4.79 Å². The Morgan fingerprint density at radius 3 is 2.60 bits per heavy atom. The number of carbonyl (C=O) groups excluding carboxylic acids is 1. The van der Waals surface area contributed by atoms with Crippen LogP contribution in [0.25, 0.3) is 22.6 Å². The molecule has 4 heterocycles. The Morgan fingerprint density at radius 2 is 1.94 bits per heavy atom. The van der Waals surface area contributed by atoms with Crippen LogP contribution >= 0.6 is 11.3 Å². The summed E-state index contributed by atoms with van der Waals surface area (Å²) in [6.07, 6.45) is -4.57. The summed E-state index contributed by atoms with van der Waals surface area (Å²) in [5.41, 5.74) is 1.54. The van der Waals surface area contributed by atoms with Crippen LogP contribution in [0.15, 0.2) is 24.3 Å². The van der Waals surface area contributed by atoms with E-state index >= 15 is 0 Å². The van der Waals surface area contributed by atoms with Crippen LogP contribution in [0.3, 0.4) is 0 Å². The first kappa shape index (κ1) is 23.3. The van der Waals surface area contributed by atoms with Crippen LogP contribution in [0.4, 0.5) is 18.2 Å². The summed E-state index contributed by atoms with van der Waals surface area (Å²) in [4.78, 5) is 32.2. The number of imidazole rings is 1. The standard InChI is InChI=1S/C22H23F3N8OS/c1-12-10-31(8-9-32(12)17(34)11-33-14(3)26-13(2)30-33)20-18(29-21(35-20)22(23,24)25)19-27-15-6-4-5-7-16(15)28-19/h4-7,12H,8-11H2,1-3H3,(H,27,28)/t12-/m1/s1. The number of hydrogen-bond donors (Lipinski definition) is 1. The Bertz CT molecular complexity index is 1360. The number of halogens is 3. The lowest BCUT2D eigenvalue weighted by molar-refractivity contribution is -0.137. The van der Waals surface area contributed by atoms with E-state index in [1.807, 2.05) is 30.0 Å². The quantitative estimate of drug-likeness (QED) is 0.456. The van der Waals surface area contributed by atoms with Crippen molar-refractivity contribution in [3.8, 4) is 11.5 Å². The topological polar surface area (TPSA) is 95.8 Å². The van der Waals surface area contributed by atoms with Crippen LogP contribution in [-0.4, -0.2) is 66.2 Å². The molecule has 13 heteroatoms. The number of anilines is 1. The number of nitrogens with one attached hydrogen (secondary N) is 1. The number of amides is 1. The molecule has 5 rings (SSSR count). The average Bonchev–Trinajstić information content (AvgIpc) is 3.49. The predicted octanol–water partition coefficient (Wildman–Crippen LogP) is 3.65. The molecule has 1 amide bonds. The molecule has 1 atom stereocenters. The van der Waals surface area contributed by atoms with E-state index < -0.39 is 11.2 Å². The number of para-hydroxylation sites is 2. The highest BCUT2D eigenvalue weighted by Gasteiger charge is 2.39. The normalized spacial score (nSPS) is 16.9. The van der Waals surface area contributed by atoms with E-state index in [1.165, 1.54) is 0 Å². The highest BCUT2D eigenvalue weighted by Crippen LogP contribution is 2.42. The summed E-state index contributed by atoms with van der Waals surface area (Å²) in [5.74, 6) is 1.43. The maximum Gasteiger partial charge on any atom is 0.443 e.